The monoisotopic (exact) mass is 270 g/mol. The van der Waals surface area contributed by atoms with Gasteiger partial charge in [-0.2, -0.15) is 0 Å². The first-order chi connectivity index (χ1) is 9.10. The lowest BCUT2D eigenvalue weighted by Crippen LogP contribution is -2.48. The van der Waals surface area contributed by atoms with E-state index >= 15 is 0 Å². The summed E-state index contributed by atoms with van der Waals surface area (Å²) in [6.07, 6.45) is 8.24. The van der Waals surface area contributed by atoms with Gasteiger partial charge in [0.15, 0.2) is 0 Å². The molecule has 2 saturated carbocycles. The molecule has 0 spiro atoms. The molecule has 110 valence electrons. The van der Waals surface area contributed by atoms with Crippen molar-refractivity contribution in [2.45, 2.75) is 70.5 Å². The van der Waals surface area contributed by atoms with E-state index in [0.717, 1.165) is 38.5 Å². The summed E-state index contributed by atoms with van der Waals surface area (Å²) < 4.78 is 0. The van der Waals surface area contributed by atoms with Gasteiger partial charge in [-0.05, 0) is 25.7 Å². The Bertz CT molecular complexity index is 305. The third kappa shape index (κ3) is 4.08. The average molecular weight is 270 g/mol. The van der Waals surface area contributed by atoms with E-state index in [1.54, 1.807) is 0 Å². The van der Waals surface area contributed by atoms with E-state index in [1.165, 1.54) is 12.8 Å². The zero-order valence-corrected chi connectivity index (χ0v) is 11.8. The predicted octanol–water partition coefficient (Wildman–Crippen LogP) is 2.10. The molecule has 0 aromatic rings. The van der Waals surface area contributed by atoms with Crippen molar-refractivity contribution in [3.63, 3.8) is 0 Å². The molecule has 2 rings (SSSR count). The summed E-state index contributed by atoms with van der Waals surface area (Å²) in [6, 6.07) is -0.300. The van der Waals surface area contributed by atoms with E-state index in [2.05, 4.69) is 10.8 Å². The van der Waals surface area contributed by atoms with Gasteiger partial charge in [0.1, 0.15) is 0 Å². The highest BCUT2D eigenvalue weighted by atomic mass is 16.7. The molecule has 19 heavy (non-hydrogen) atoms. The number of nitrogens with one attached hydrogen (secondary N) is 2. The second-order valence-electron chi connectivity index (χ2n) is 6.22. The fraction of sp³-hybridized carbons (Fsp3) is 0.929. The van der Waals surface area contributed by atoms with Gasteiger partial charge in [0.05, 0.1) is 12.2 Å². The molecular formula is C14H26N2O3. The molecule has 5 nitrogen and oxygen atoms in total. The van der Waals surface area contributed by atoms with Crippen LogP contribution in [0.3, 0.4) is 0 Å². The van der Waals surface area contributed by atoms with Gasteiger partial charge in [-0.3, -0.25) is 4.84 Å². The van der Waals surface area contributed by atoms with Crippen LogP contribution in [0.5, 0.6) is 0 Å². The number of rotatable bonds is 4. The maximum absolute atomic E-state index is 11.7. The first-order valence-corrected chi connectivity index (χ1v) is 7.48. The summed E-state index contributed by atoms with van der Waals surface area (Å²) in [5, 5.41) is 12.9. The molecule has 0 saturated heterocycles. The van der Waals surface area contributed by atoms with Crippen molar-refractivity contribution in [3.05, 3.63) is 0 Å². The number of carbonyl (C=O) groups excluding carboxylic acids is 1. The summed E-state index contributed by atoms with van der Waals surface area (Å²) >= 11 is 0. The highest BCUT2D eigenvalue weighted by Crippen LogP contribution is 2.35. The number of amides is 2. The number of aliphatic hydroxyl groups is 1. The minimum absolute atomic E-state index is 0.168. The molecule has 2 fully saturated rings. The Morgan fingerprint density at radius 3 is 2.63 bits per heavy atom. The lowest BCUT2D eigenvalue weighted by Gasteiger charge is -2.38. The standard InChI is InChI=1S/C14H26N2O3/c1-14(9-5-4-8-12(14)17)10-15-13(18)16-19-11-6-2-3-7-11/h11-12,17H,2-10H2,1H3,(H2,15,16,18). The molecule has 0 aromatic heterocycles. The quantitative estimate of drug-likeness (QED) is 0.685. The highest BCUT2D eigenvalue weighted by Gasteiger charge is 2.35. The van der Waals surface area contributed by atoms with Crippen molar-refractivity contribution in [1.29, 1.82) is 0 Å². The number of aliphatic hydroxyl groups excluding tert-OH is 1. The molecule has 0 radical (unpaired) electrons. The molecule has 3 N–H and O–H groups in total. The van der Waals surface area contributed by atoms with E-state index in [4.69, 9.17) is 4.84 Å². The van der Waals surface area contributed by atoms with Crippen molar-refractivity contribution < 1.29 is 14.7 Å². The minimum Gasteiger partial charge on any atom is -0.392 e. The second kappa shape index (κ2) is 6.57. The first-order valence-electron chi connectivity index (χ1n) is 7.48. The van der Waals surface area contributed by atoms with Gasteiger partial charge < -0.3 is 10.4 Å². The lowest BCUT2D eigenvalue weighted by molar-refractivity contribution is -0.00920. The molecule has 0 heterocycles. The number of hydroxylamine groups is 1. The van der Waals surface area contributed by atoms with Crippen LogP contribution in [0.1, 0.15) is 58.3 Å². The molecular weight excluding hydrogens is 244 g/mol. The fourth-order valence-corrected chi connectivity index (χ4v) is 3.05. The number of hydrogen-bond donors (Lipinski definition) is 3. The molecule has 5 heteroatoms. The Morgan fingerprint density at radius 1 is 1.26 bits per heavy atom. The molecule has 0 bridgehead atoms. The maximum Gasteiger partial charge on any atom is 0.338 e. The van der Waals surface area contributed by atoms with E-state index in [-0.39, 0.29) is 23.7 Å². The smallest absolute Gasteiger partial charge is 0.338 e. The van der Waals surface area contributed by atoms with E-state index < -0.39 is 0 Å². The molecule has 2 atom stereocenters. The van der Waals surface area contributed by atoms with Crippen LogP contribution >= 0.6 is 0 Å². The highest BCUT2D eigenvalue weighted by molar-refractivity contribution is 5.72. The third-order valence-corrected chi connectivity index (χ3v) is 4.55. The largest absolute Gasteiger partial charge is 0.392 e. The lowest BCUT2D eigenvalue weighted by atomic mass is 9.73. The number of carbonyl (C=O) groups is 1. The predicted molar refractivity (Wildman–Crippen MR) is 72.5 cm³/mol. The van der Waals surface area contributed by atoms with Crippen LogP contribution in [0, 0.1) is 5.41 Å². The van der Waals surface area contributed by atoms with Gasteiger partial charge in [-0.15, -0.1) is 0 Å². The topological polar surface area (TPSA) is 70.6 Å². The summed E-state index contributed by atoms with van der Waals surface area (Å²) in [4.78, 5) is 17.0. The molecule has 2 unspecified atom stereocenters. The second-order valence-corrected chi connectivity index (χ2v) is 6.22. The van der Waals surface area contributed by atoms with Crippen LogP contribution in [0.25, 0.3) is 0 Å². The van der Waals surface area contributed by atoms with Crippen LogP contribution in [0.4, 0.5) is 4.79 Å². The molecule has 2 aliphatic rings. The third-order valence-electron chi connectivity index (χ3n) is 4.55. The van der Waals surface area contributed by atoms with E-state index in [1.807, 2.05) is 6.92 Å². The van der Waals surface area contributed by atoms with Gasteiger partial charge in [0, 0.05) is 12.0 Å². The number of urea groups is 1. The van der Waals surface area contributed by atoms with Crippen molar-refractivity contribution in [2.24, 2.45) is 5.41 Å². The Balaban J connectivity index is 1.67. The summed E-state index contributed by atoms with van der Waals surface area (Å²) in [6.45, 7) is 2.53. The van der Waals surface area contributed by atoms with Crippen LogP contribution < -0.4 is 10.8 Å². The van der Waals surface area contributed by atoms with Crippen LogP contribution in [-0.2, 0) is 4.84 Å². The van der Waals surface area contributed by atoms with Gasteiger partial charge in [0.2, 0.25) is 0 Å². The van der Waals surface area contributed by atoms with E-state index in [0.29, 0.717) is 6.54 Å². The summed E-state index contributed by atoms with van der Waals surface area (Å²) in [5.41, 5.74) is 2.26. The molecule has 0 aromatic carbocycles. The normalized spacial score (nSPS) is 32.2. The van der Waals surface area contributed by atoms with Crippen molar-refractivity contribution in [1.82, 2.24) is 10.8 Å². The van der Waals surface area contributed by atoms with Gasteiger partial charge >= 0.3 is 6.03 Å². The average Bonchev–Trinajstić information content (AvgIpc) is 2.91. The van der Waals surface area contributed by atoms with Crippen molar-refractivity contribution in [2.75, 3.05) is 6.54 Å². The minimum atomic E-state index is -0.322. The molecule has 2 aliphatic carbocycles. The van der Waals surface area contributed by atoms with Crippen LogP contribution in [0.2, 0.25) is 0 Å². The van der Waals surface area contributed by atoms with E-state index in [9.17, 15) is 9.90 Å². The van der Waals surface area contributed by atoms with Crippen LogP contribution in [0.15, 0.2) is 0 Å². The van der Waals surface area contributed by atoms with Gasteiger partial charge in [-0.1, -0.05) is 32.6 Å². The Labute approximate surface area is 115 Å². The first kappa shape index (κ1) is 14.6. The van der Waals surface area contributed by atoms with Crippen molar-refractivity contribution >= 4 is 6.03 Å². The summed E-state index contributed by atoms with van der Waals surface area (Å²) in [5.74, 6) is 0. The zero-order valence-electron chi connectivity index (χ0n) is 11.8. The Morgan fingerprint density at radius 2 is 1.95 bits per heavy atom. The fourth-order valence-electron chi connectivity index (χ4n) is 3.05. The Hall–Kier alpha value is -0.810. The van der Waals surface area contributed by atoms with Crippen LogP contribution in [-0.4, -0.2) is 29.9 Å². The van der Waals surface area contributed by atoms with Crippen molar-refractivity contribution in [3.8, 4) is 0 Å². The maximum atomic E-state index is 11.7. The summed E-state index contributed by atoms with van der Waals surface area (Å²) in [7, 11) is 0. The Kier molecular flexibility index (Phi) is 5.05. The molecule has 0 aliphatic heterocycles. The molecule has 2 amide bonds. The zero-order chi connectivity index (χ0) is 13.7. The SMILES string of the molecule is CC1(CNC(=O)NOC2CCCC2)CCCCC1O. The van der Waals surface area contributed by atoms with Gasteiger partial charge in [0.25, 0.3) is 0 Å². The number of hydrogen-bond acceptors (Lipinski definition) is 3. The van der Waals surface area contributed by atoms with Gasteiger partial charge in [-0.25, -0.2) is 10.3 Å².